The Bertz CT molecular complexity index is 407. The molecule has 1 atom stereocenters. The summed E-state index contributed by atoms with van der Waals surface area (Å²) in [6, 6.07) is 6.01. The van der Waals surface area contributed by atoms with Crippen LogP contribution in [0.25, 0.3) is 0 Å². The van der Waals surface area contributed by atoms with Crippen molar-refractivity contribution >= 4 is 23.2 Å². The largest absolute Gasteiger partial charge is 0.379 e. The Morgan fingerprint density at radius 2 is 1.95 bits per heavy atom. The summed E-state index contributed by atoms with van der Waals surface area (Å²) in [5.41, 5.74) is 0.963. The maximum atomic E-state index is 6.11. The highest BCUT2D eigenvalue weighted by atomic mass is 35.5. The molecule has 0 radical (unpaired) electrons. The van der Waals surface area contributed by atoms with E-state index in [1.165, 1.54) is 0 Å². The van der Waals surface area contributed by atoms with Gasteiger partial charge in [-0.3, -0.25) is 0 Å². The van der Waals surface area contributed by atoms with Gasteiger partial charge in [0.15, 0.2) is 0 Å². The lowest BCUT2D eigenvalue weighted by atomic mass is 9.93. The Morgan fingerprint density at radius 1 is 1.26 bits per heavy atom. The number of hydrogen-bond donors (Lipinski definition) is 1. The molecule has 2 nitrogen and oxygen atoms in total. The molecular weight excluding hydrogens is 281 g/mol. The van der Waals surface area contributed by atoms with Gasteiger partial charge in [0.2, 0.25) is 0 Å². The van der Waals surface area contributed by atoms with Gasteiger partial charge in [0.05, 0.1) is 15.6 Å². The van der Waals surface area contributed by atoms with Gasteiger partial charge in [0.25, 0.3) is 0 Å². The molecule has 0 fully saturated rings. The topological polar surface area (TPSA) is 21.3 Å². The number of halogens is 2. The molecule has 19 heavy (non-hydrogen) atoms. The van der Waals surface area contributed by atoms with E-state index in [0.717, 1.165) is 24.9 Å². The average Bonchev–Trinajstić information content (AvgIpc) is 2.38. The Labute approximate surface area is 126 Å². The Kier molecular flexibility index (Phi) is 6.61. The SMILES string of the molecule is CCCNC(CC(C)(C)OC)c1ccc(Cl)c(Cl)c1. The van der Waals surface area contributed by atoms with E-state index >= 15 is 0 Å². The van der Waals surface area contributed by atoms with Gasteiger partial charge in [-0.15, -0.1) is 0 Å². The van der Waals surface area contributed by atoms with Crippen molar-refractivity contribution in [2.24, 2.45) is 0 Å². The van der Waals surface area contributed by atoms with Crippen LogP contribution in [0, 0.1) is 0 Å². The standard InChI is InChI=1S/C15H23Cl2NO/c1-5-8-18-14(10-15(2,3)19-4)11-6-7-12(16)13(17)9-11/h6-7,9,14,18H,5,8,10H2,1-4H3. The molecule has 0 saturated carbocycles. The Balaban J connectivity index is 2.92. The molecule has 0 saturated heterocycles. The number of nitrogens with one attached hydrogen (secondary N) is 1. The summed E-state index contributed by atoms with van der Waals surface area (Å²) in [6.45, 7) is 7.29. The maximum Gasteiger partial charge on any atom is 0.0640 e. The zero-order valence-electron chi connectivity index (χ0n) is 12.1. The van der Waals surface area contributed by atoms with Gasteiger partial charge >= 0.3 is 0 Å². The Hall–Kier alpha value is -0.280. The fourth-order valence-corrected chi connectivity index (χ4v) is 2.24. The average molecular weight is 304 g/mol. The summed E-state index contributed by atoms with van der Waals surface area (Å²) >= 11 is 12.1. The lowest BCUT2D eigenvalue weighted by Crippen LogP contribution is -2.32. The van der Waals surface area contributed by atoms with E-state index in [1.54, 1.807) is 7.11 Å². The van der Waals surface area contributed by atoms with Gasteiger partial charge in [-0.05, 0) is 50.9 Å². The second-order valence-electron chi connectivity index (χ2n) is 5.35. The molecule has 1 aromatic carbocycles. The molecular formula is C15H23Cl2NO. The molecule has 108 valence electrons. The van der Waals surface area contributed by atoms with Gasteiger partial charge in [0.1, 0.15) is 0 Å². The molecule has 0 bridgehead atoms. The van der Waals surface area contributed by atoms with Crippen LogP contribution in [0.4, 0.5) is 0 Å². The minimum absolute atomic E-state index is 0.183. The molecule has 0 aliphatic carbocycles. The van der Waals surface area contributed by atoms with E-state index in [9.17, 15) is 0 Å². The van der Waals surface area contributed by atoms with E-state index in [4.69, 9.17) is 27.9 Å². The molecule has 0 heterocycles. The lowest BCUT2D eigenvalue weighted by Gasteiger charge is -2.29. The summed E-state index contributed by atoms with van der Waals surface area (Å²) < 4.78 is 5.52. The first-order valence-corrected chi connectivity index (χ1v) is 7.38. The first-order chi connectivity index (χ1) is 8.89. The second kappa shape index (κ2) is 7.49. The van der Waals surface area contributed by atoms with Crippen LogP contribution >= 0.6 is 23.2 Å². The van der Waals surface area contributed by atoms with Crippen LogP contribution in [0.1, 0.15) is 45.2 Å². The summed E-state index contributed by atoms with van der Waals surface area (Å²) in [5.74, 6) is 0. The predicted molar refractivity (Wildman–Crippen MR) is 83.2 cm³/mol. The molecule has 0 aliphatic rings. The van der Waals surface area contributed by atoms with Crippen LogP contribution in [0.15, 0.2) is 18.2 Å². The zero-order valence-corrected chi connectivity index (χ0v) is 13.6. The predicted octanol–water partition coefficient (Wildman–Crippen LogP) is 4.85. The van der Waals surface area contributed by atoms with Crippen molar-refractivity contribution in [3.05, 3.63) is 33.8 Å². The number of benzene rings is 1. The van der Waals surface area contributed by atoms with Gasteiger partial charge in [-0.1, -0.05) is 36.2 Å². The van der Waals surface area contributed by atoms with Crippen molar-refractivity contribution in [3.63, 3.8) is 0 Å². The fourth-order valence-electron chi connectivity index (χ4n) is 1.93. The van der Waals surface area contributed by atoms with Crippen molar-refractivity contribution in [2.45, 2.75) is 45.3 Å². The fraction of sp³-hybridized carbons (Fsp3) is 0.600. The van der Waals surface area contributed by atoms with Crippen LogP contribution in [-0.2, 0) is 4.74 Å². The van der Waals surface area contributed by atoms with Crippen molar-refractivity contribution in [1.29, 1.82) is 0 Å². The number of ether oxygens (including phenoxy) is 1. The molecule has 1 unspecified atom stereocenters. The van der Waals surface area contributed by atoms with Crippen LogP contribution in [0.3, 0.4) is 0 Å². The summed E-state index contributed by atoms with van der Waals surface area (Å²) in [7, 11) is 1.74. The first kappa shape index (κ1) is 16.8. The molecule has 1 aromatic rings. The van der Waals surface area contributed by atoms with Gasteiger partial charge in [0, 0.05) is 13.2 Å². The van der Waals surface area contributed by atoms with Crippen molar-refractivity contribution in [1.82, 2.24) is 5.32 Å². The molecule has 0 spiro atoms. The number of rotatable bonds is 7. The summed E-state index contributed by atoms with van der Waals surface area (Å²) in [4.78, 5) is 0. The van der Waals surface area contributed by atoms with Crippen LogP contribution in [0.2, 0.25) is 10.0 Å². The van der Waals surface area contributed by atoms with Crippen molar-refractivity contribution < 1.29 is 4.74 Å². The molecule has 0 amide bonds. The third-order valence-electron chi connectivity index (χ3n) is 3.24. The summed E-state index contributed by atoms with van der Waals surface area (Å²) in [6.07, 6.45) is 1.96. The van der Waals surface area contributed by atoms with Gasteiger partial charge in [-0.2, -0.15) is 0 Å². The third-order valence-corrected chi connectivity index (χ3v) is 3.97. The summed E-state index contributed by atoms with van der Waals surface area (Å²) in [5, 5.41) is 4.72. The van der Waals surface area contributed by atoms with Gasteiger partial charge < -0.3 is 10.1 Å². The van der Waals surface area contributed by atoms with E-state index in [1.807, 2.05) is 18.2 Å². The van der Waals surface area contributed by atoms with Crippen molar-refractivity contribution in [3.8, 4) is 0 Å². The van der Waals surface area contributed by atoms with E-state index in [2.05, 4.69) is 26.1 Å². The smallest absolute Gasteiger partial charge is 0.0640 e. The third kappa shape index (κ3) is 5.31. The van der Waals surface area contributed by atoms with Crippen LogP contribution in [0.5, 0.6) is 0 Å². The van der Waals surface area contributed by atoms with Crippen LogP contribution < -0.4 is 5.32 Å². The molecule has 1 N–H and O–H groups in total. The highest BCUT2D eigenvalue weighted by Gasteiger charge is 2.24. The highest BCUT2D eigenvalue weighted by Crippen LogP contribution is 2.30. The number of hydrogen-bond acceptors (Lipinski definition) is 2. The zero-order chi connectivity index (χ0) is 14.5. The lowest BCUT2D eigenvalue weighted by molar-refractivity contribution is 0.00685. The van der Waals surface area contributed by atoms with E-state index < -0.39 is 0 Å². The van der Waals surface area contributed by atoms with Gasteiger partial charge in [-0.25, -0.2) is 0 Å². The molecule has 1 rings (SSSR count). The normalized spacial score (nSPS) is 13.6. The minimum atomic E-state index is -0.183. The van der Waals surface area contributed by atoms with E-state index in [0.29, 0.717) is 10.0 Å². The minimum Gasteiger partial charge on any atom is -0.379 e. The molecule has 0 aromatic heterocycles. The Morgan fingerprint density at radius 3 is 2.47 bits per heavy atom. The van der Waals surface area contributed by atoms with E-state index in [-0.39, 0.29) is 11.6 Å². The maximum absolute atomic E-state index is 6.11. The van der Waals surface area contributed by atoms with Crippen molar-refractivity contribution in [2.75, 3.05) is 13.7 Å². The molecule has 0 aliphatic heterocycles. The molecule has 4 heteroatoms. The first-order valence-electron chi connectivity index (χ1n) is 6.63. The van der Waals surface area contributed by atoms with Crippen LogP contribution in [-0.4, -0.2) is 19.3 Å². The monoisotopic (exact) mass is 303 g/mol. The second-order valence-corrected chi connectivity index (χ2v) is 6.16. The highest BCUT2D eigenvalue weighted by molar-refractivity contribution is 6.42. The quantitative estimate of drug-likeness (QED) is 0.777. The number of methoxy groups -OCH3 is 1.